The van der Waals surface area contributed by atoms with Gasteiger partial charge in [-0.15, -0.1) is 0 Å². The first kappa shape index (κ1) is 10.5. The molecule has 0 fully saturated rings. The first-order chi connectivity index (χ1) is 6.63. The third-order valence-corrected chi connectivity index (χ3v) is 1.71. The molecule has 0 saturated carbocycles. The van der Waals surface area contributed by atoms with E-state index >= 15 is 0 Å². The number of esters is 1. The molecule has 3 heteroatoms. The van der Waals surface area contributed by atoms with Gasteiger partial charge >= 0.3 is 5.97 Å². The van der Waals surface area contributed by atoms with Crippen molar-refractivity contribution in [3.63, 3.8) is 0 Å². The highest BCUT2D eigenvalue weighted by molar-refractivity contribution is 5.77. The Morgan fingerprint density at radius 1 is 1.50 bits per heavy atom. The Bertz CT molecular complexity index is 328. The minimum Gasteiger partial charge on any atom is -0.425 e. The molecule has 74 valence electrons. The van der Waals surface area contributed by atoms with Crippen LogP contribution in [0.1, 0.15) is 12.5 Å². The number of benzene rings is 1. The van der Waals surface area contributed by atoms with Crippen LogP contribution in [0.5, 0.6) is 5.75 Å². The average Bonchev–Trinajstić information content (AvgIpc) is 2.19. The van der Waals surface area contributed by atoms with Crippen molar-refractivity contribution in [2.75, 3.05) is 0 Å². The lowest BCUT2D eigenvalue weighted by molar-refractivity contribution is -0.135. The van der Waals surface area contributed by atoms with Gasteiger partial charge in [-0.3, -0.25) is 0 Å². The average molecular weight is 191 g/mol. The fraction of sp³-hybridized carbons (Fsp3) is 0.182. The minimum absolute atomic E-state index is 0.434. The van der Waals surface area contributed by atoms with Gasteiger partial charge in [0.05, 0.1) is 0 Å². The second-order valence-corrected chi connectivity index (χ2v) is 2.98. The van der Waals surface area contributed by atoms with E-state index in [2.05, 4.69) is 6.58 Å². The molecule has 14 heavy (non-hydrogen) atoms. The molecular formula is C11H13NO2. The first-order valence-corrected chi connectivity index (χ1v) is 4.33. The topological polar surface area (TPSA) is 52.3 Å². The molecule has 1 atom stereocenters. The molecule has 0 aromatic heterocycles. The highest BCUT2D eigenvalue weighted by Gasteiger charge is 2.09. The summed E-state index contributed by atoms with van der Waals surface area (Å²) in [6.45, 7) is 5.21. The standard InChI is InChI=1S/C11H13NO2/c1-3-9-4-6-10(7-5-9)14-11(13)8(2)12/h3-8H,1,12H2,2H3/t8-/m0/s1. The van der Waals surface area contributed by atoms with Gasteiger partial charge in [-0.25, -0.2) is 4.79 Å². The maximum absolute atomic E-state index is 11.1. The van der Waals surface area contributed by atoms with Crippen LogP contribution in [0, 0.1) is 0 Å². The number of carbonyl (C=O) groups is 1. The van der Waals surface area contributed by atoms with Crippen LogP contribution in [-0.2, 0) is 4.79 Å². The predicted molar refractivity (Wildman–Crippen MR) is 55.8 cm³/mol. The second-order valence-electron chi connectivity index (χ2n) is 2.98. The summed E-state index contributed by atoms with van der Waals surface area (Å²) in [7, 11) is 0. The fourth-order valence-corrected chi connectivity index (χ4v) is 0.881. The number of carbonyl (C=O) groups excluding carboxylic acids is 1. The van der Waals surface area contributed by atoms with Crippen LogP contribution in [0.25, 0.3) is 6.08 Å². The molecule has 1 aromatic carbocycles. The summed E-state index contributed by atoms with van der Waals surface area (Å²) in [6.07, 6.45) is 1.72. The number of nitrogens with two attached hydrogens (primary N) is 1. The molecular weight excluding hydrogens is 178 g/mol. The Morgan fingerprint density at radius 2 is 2.07 bits per heavy atom. The summed E-state index contributed by atoms with van der Waals surface area (Å²) in [6, 6.07) is 6.44. The summed E-state index contributed by atoms with van der Waals surface area (Å²) >= 11 is 0. The van der Waals surface area contributed by atoms with Gasteiger partial charge < -0.3 is 10.5 Å². The Labute approximate surface area is 83.2 Å². The van der Waals surface area contributed by atoms with Gasteiger partial charge in [0.25, 0.3) is 0 Å². The number of rotatable bonds is 3. The van der Waals surface area contributed by atoms with Crippen molar-refractivity contribution in [1.29, 1.82) is 0 Å². The molecule has 3 nitrogen and oxygen atoms in total. The predicted octanol–water partition coefficient (Wildman–Crippen LogP) is 1.58. The van der Waals surface area contributed by atoms with Crippen LogP contribution < -0.4 is 10.5 Å². The molecule has 0 bridgehead atoms. The molecule has 0 heterocycles. The highest BCUT2D eigenvalue weighted by Crippen LogP contribution is 2.13. The summed E-state index contributed by atoms with van der Waals surface area (Å²) < 4.78 is 4.98. The molecule has 0 unspecified atom stereocenters. The van der Waals surface area contributed by atoms with Crippen molar-refractivity contribution in [3.8, 4) is 5.75 Å². The van der Waals surface area contributed by atoms with E-state index in [4.69, 9.17) is 10.5 Å². The van der Waals surface area contributed by atoms with Gasteiger partial charge in [-0.1, -0.05) is 24.8 Å². The van der Waals surface area contributed by atoms with E-state index in [1.165, 1.54) is 0 Å². The van der Waals surface area contributed by atoms with Gasteiger partial charge in [-0.05, 0) is 24.6 Å². The monoisotopic (exact) mass is 191 g/mol. The van der Waals surface area contributed by atoms with Crippen molar-refractivity contribution >= 4 is 12.0 Å². The first-order valence-electron chi connectivity index (χ1n) is 4.33. The second kappa shape index (κ2) is 4.58. The number of hydrogen-bond donors (Lipinski definition) is 1. The zero-order valence-corrected chi connectivity index (χ0v) is 8.07. The van der Waals surface area contributed by atoms with Gasteiger partial charge in [0.1, 0.15) is 11.8 Å². The van der Waals surface area contributed by atoms with Crippen molar-refractivity contribution in [2.24, 2.45) is 5.73 Å². The van der Waals surface area contributed by atoms with Crippen LogP contribution in [0.3, 0.4) is 0 Å². The molecule has 0 amide bonds. The lowest BCUT2D eigenvalue weighted by Crippen LogP contribution is -2.30. The molecule has 2 N–H and O–H groups in total. The van der Waals surface area contributed by atoms with Crippen LogP contribution >= 0.6 is 0 Å². The summed E-state index contributed by atoms with van der Waals surface area (Å²) in [5.41, 5.74) is 6.33. The minimum atomic E-state index is -0.603. The molecule has 0 spiro atoms. The fourth-order valence-electron chi connectivity index (χ4n) is 0.881. The van der Waals surface area contributed by atoms with Gasteiger partial charge in [0, 0.05) is 0 Å². The smallest absolute Gasteiger partial charge is 0.328 e. The highest BCUT2D eigenvalue weighted by atomic mass is 16.5. The molecule has 1 aromatic rings. The van der Waals surface area contributed by atoms with Crippen molar-refractivity contribution in [2.45, 2.75) is 13.0 Å². The van der Waals surface area contributed by atoms with Crippen LogP contribution in [0.4, 0.5) is 0 Å². The van der Waals surface area contributed by atoms with E-state index in [0.717, 1.165) is 5.56 Å². The quantitative estimate of drug-likeness (QED) is 0.583. The molecule has 0 aliphatic rings. The number of hydrogen-bond acceptors (Lipinski definition) is 3. The van der Waals surface area contributed by atoms with E-state index in [9.17, 15) is 4.79 Å². The van der Waals surface area contributed by atoms with Gasteiger partial charge in [0.2, 0.25) is 0 Å². The Balaban J connectivity index is 2.69. The molecule has 0 aliphatic carbocycles. The van der Waals surface area contributed by atoms with Crippen molar-refractivity contribution in [3.05, 3.63) is 36.4 Å². The Hall–Kier alpha value is -1.61. The normalized spacial score (nSPS) is 11.9. The third-order valence-electron chi connectivity index (χ3n) is 1.71. The lowest BCUT2D eigenvalue weighted by Gasteiger charge is -2.06. The molecule has 1 rings (SSSR count). The third kappa shape index (κ3) is 2.71. The van der Waals surface area contributed by atoms with Crippen LogP contribution in [0.15, 0.2) is 30.8 Å². The zero-order chi connectivity index (χ0) is 10.6. The Kier molecular flexibility index (Phi) is 3.42. The summed E-state index contributed by atoms with van der Waals surface area (Å²) in [4.78, 5) is 11.1. The Morgan fingerprint density at radius 3 is 2.50 bits per heavy atom. The van der Waals surface area contributed by atoms with E-state index in [0.29, 0.717) is 5.75 Å². The zero-order valence-electron chi connectivity index (χ0n) is 8.07. The van der Waals surface area contributed by atoms with Crippen molar-refractivity contribution < 1.29 is 9.53 Å². The maximum Gasteiger partial charge on any atom is 0.328 e. The van der Waals surface area contributed by atoms with E-state index < -0.39 is 12.0 Å². The van der Waals surface area contributed by atoms with Gasteiger partial charge in [0.15, 0.2) is 0 Å². The van der Waals surface area contributed by atoms with E-state index in [1.54, 1.807) is 25.1 Å². The van der Waals surface area contributed by atoms with Crippen LogP contribution in [-0.4, -0.2) is 12.0 Å². The van der Waals surface area contributed by atoms with Crippen LogP contribution in [0.2, 0.25) is 0 Å². The molecule has 0 radical (unpaired) electrons. The van der Waals surface area contributed by atoms with E-state index in [-0.39, 0.29) is 0 Å². The maximum atomic E-state index is 11.1. The van der Waals surface area contributed by atoms with Crippen molar-refractivity contribution in [1.82, 2.24) is 0 Å². The lowest BCUT2D eigenvalue weighted by atomic mass is 10.2. The molecule has 0 saturated heterocycles. The SMILES string of the molecule is C=Cc1ccc(OC(=O)[C@H](C)N)cc1. The summed E-state index contributed by atoms with van der Waals surface area (Å²) in [5.74, 6) is 0.0641. The number of ether oxygens (including phenoxy) is 1. The van der Waals surface area contributed by atoms with Gasteiger partial charge in [-0.2, -0.15) is 0 Å². The largest absolute Gasteiger partial charge is 0.425 e. The van der Waals surface area contributed by atoms with E-state index in [1.807, 2.05) is 12.1 Å². The summed E-state index contributed by atoms with van der Waals surface area (Å²) in [5, 5.41) is 0. The molecule has 0 aliphatic heterocycles.